The van der Waals surface area contributed by atoms with Crippen molar-refractivity contribution in [1.29, 1.82) is 0 Å². The molecule has 0 aliphatic heterocycles. The quantitative estimate of drug-likeness (QED) is 0.806. The Bertz CT molecular complexity index is 782. The minimum absolute atomic E-state index is 0.103. The second-order valence-corrected chi connectivity index (χ2v) is 6.92. The lowest BCUT2D eigenvalue weighted by atomic mass is 9.89. The fourth-order valence-corrected chi connectivity index (χ4v) is 2.55. The first-order valence-electron chi connectivity index (χ1n) is 8.33. The number of rotatable bonds is 7. The number of carbonyl (C=O) groups is 2. The molecule has 5 nitrogen and oxygen atoms in total. The van der Waals surface area contributed by atoms with Crippen molar-refractivity contribution < 1.29 is 19.4 Å². The van der Waals surface area contributed by atoms with E-state index in [4.69, 9.17) is 9.84 Å². The Labute approximate surface area is 148 Å². The monoisotopic (exact) mass is 343 g/mol. The van der Waals surface area contributed by atoms with E-state index in [0.717, 1.165) is 22.1 Å². The summed E-state index contributed by atoms with van der Waals surface area (Å²) in [6.07, 6.45) is 0.387. The van der Waals surface area contributed by atoms with Gasteiger partial charge in [-0.15, -0.1) is 0 Å². The van der Waals surface area contributed by atoms with Crippen LogP contribution in [0.15, 0.2) is 36.4 Å². The highest BCUT2D eigenvalue weighted by atomic mass is 16.5. The number of fused-ring (bicyclic) bond motifs is 1. The number of aliphatic carboxylic acids is 1. The molecule has 0 saturated carbocycles. The molecule has 0 heterocycles. The molecule has 1 amide bonds. The van der Waals surface area contributed by atoms with E-state index in [2.05, 4.69) is 5.32 Å². The Kier molecular flexibility index (Phi) is 5.67. The second kappa shape index (κ2) is 7.55. The van der Waals surface area contributed by atoms with Gasteiger partial charge in [-0.1, -0.05) is 24.3 Å². The number of benzene rings is 2. The number of carboxylic acid groups (broad SMARTS) is 1. The first-order chi connectivity index (χ1) is 11.7. The van der Waals surface area contributed by atoms with Gasteiger partial charge in [-0.2, -0.15) is 0 Å². The summed E-state index contributed by atoms with van der Waals surface area (Å²) in [5.41, 5.74) is 0.0751. The predicted molar refractivity (Wildman–Crippen MR) is 98.0 cm³/mol. The van der Waals surface area contributed by atoms with E-state index in [1.54, 1.807) is 21.0 Å². The van der Waals surface area contributed by atoms with Crippen LogP contribution in [0.4, 0.5) is 0 Å². The SMILES string of the molecule is COc1ccc2cc(C(C)C(=O)NCCC(C)(C)C(=O)O)ccc2c1. The first-order valence-corrected chi connectivity index (χ1v) is 8.33. The van der Waals surface area contributed by atoms with E-state index < -0.39 is 11.4 Å². The van der Waals surface area contributed by atoms with E-state index in [0.29, 0.717) is 13.0 Å². The van der Waals surface area contributed by atoms with Crippen LogP contribution in [0, 0.1) is 5.41 Å². The molecule has 2 aromatic carbocycles. The van der Waals surface area contributed by atoms with E-state index in [-0.39, 0.29) is 11.8 Å². The smallest absolute Gasteiger partial charge is 0.309 e. The second-order valence-electron chi connectivity index (χ2n) is 6.92. The molecule has 0 aromatic heterocycles. The van der Waals surface area contributed by atoms with E-state index in [1.165, 1.54) is 0 Å². The van der Waals surface area contributed by atoms with Gasteiger partial charge in [0.2, 0.25) is 5.91 Å². The zero-order valence-corrected chi connectivity index (χ0v) is 15.1. The number of ether oxygens (including phenoxy) is 1. The molecule has 1 atom stereocenters. The number of hydrogen-bond acceptors (Lipinski definition) is 3. The third kappa shape index (κ3) is 4.50. The lowest BCUT2D eigenvalue weighted by molar-refractivity contribution is -0.147. The highest BCUT2D eigenvalue weighted by molar-refractivity contribution is 5.88. The van der Waals surface area contributed by atoms with Gasteiger partial charge in [0.25, 0.3) is 0 Å². The Morgan fingerprint density at radius 3 is 2.44 bits per heavy atom. The fourth-order valence-electron chi connectivity index (χ4n) is 2.55. The van der Waals surface area contributed by atoms with Gasteiger partial charge in [-0.3, -0.25) is 9.59 Å². The van der Waals surface area contributed by atoms with Crippen LogP contribution in [0.5, 0.6) is 5.75 Å². The van der Waals surface area contributed by atoms with Gasteiger partial charge < -0.3 is 15.2 Å². The Morgan fingerprint density at radius 1 is 1.16 bits per heavy atom. The average Bonchev–Trinajstić information content (AvgIpc) is 2.59. The number of hydrogen-bond donors (Lipinski definition) is 2. The van der Waals surface area contributed by atoms with Gasteiger partial charge in [0.15, 0.2) is 0 Å². The van der Waals surface area contributed by atoms with Crippen LogP contribution in [0.25, 0.3) is 10.8 Å². The Balaban J connectivity index is 2.04. The minimum atomic E-state index is -0.861. The number of methoxy groups -OCH3 is 1. The van der Waals surface area contributed by atoms with E-state index in [1.807, 2.05) is 43.3 Å². The molecule has 0 radical (unpaired) electrons. The van der Waals surface area contributed by atoms with Crippen LogP contribution in [0.2, 0.25) is 0 Å². The topological polar surface area (TPSA) is 75.6 Å². The molecule has 25 heavy (non-hydrogen) atoms. The van der Waals surface area contributed by atoms with Crippen molar-refractivity contribution in [2.45, 2.75) is 33.1 Å². The normalized spacial score (nSPS) is 12.6. The largest absolute Gasteiger partial charge is 0.497 e. The number of nitrogens with one attached hydrogen (secondary N) is 1. The summed E-state index contributed by atoms with van der Waals surface area (Å²) < 4.78 is 5.22. The highest BCUT2D eigenvalue weighted by Crippen LogP contribution is 2.25. The third-order valence-corrected chi connectivity index (χ3v) is 4.59. The molecule has 1 unspecified atom stereocenters. The van der Waals surface area contributed by atoms with Gasteiger partial charge in [-0.05, 0) is 55.7 Å². The predicted octanol–water partition coefficient (Wildman–Crippen LogP) is 3.57. The zero-order valence-electron chi connectivity index (χ0n) is 15.1. The van der Waals surface area contributed by atoms with Gasteiger partial charge in [0.05, 0.1) is 18.4 Å². The van der Waals surface area contributed by atoms with Crippen molar-refractivity contribution >= 4 is 22.6 Å². The molecule has 134 valence electrons. The van der Waals surface area contributed by atoms with Gasteiger partial charge in [0, 0.05) is 6.54 Å². The van der Waals surface area contributed by atoms with Crippen LogP contribution in [-0.4, -0.2) is 30.6 Å². The maximum absolute atomic E-state index is 12.4. The van der Waals surface area contributed by atoms with Crippen molar-refractivity contribution in [2.24, 2.45) is 5.41 Å². The Hall–Kier alpha value is -2.56. The summed E-state index contributed by atoms with van der Waals surface area (Å²) in [5.74, 6) is -0.472. The molecule has 0 saturated heterocycles. The summed E-state index contributed by atoms with van der Waals surface area (Å²) in [5, 5.41) is 14.0. The van der Waals surface area contributed by atoms with E-state index in [9.17, 15) is 9.59 Å². The number of carbonyl (C=O) groups excluding carboxylic acids is 1. The standard InChI is InChI=1S/C20H25NO4/c1-13(18(22)21-10-9-20(2,3)19(23)24)14-5-6-16-12-17(25-4)8-7-15(16)11-14/h5-8,11-13H,9-10H2,1-4H3,(H,21,22)(H,23,24). The van der Waals surface area contributed by atoms with Crippen molar-refractivity contribution in [3.63, 3.8) is 0 Å². The van der Waals surface area contributed by atoms with Crippen LogP contribution >= 0.6 is 0 Å². The first kappa shape index (κ1) is 18.8. The van der Waals surface area contributed by atoms with Gasteiger partial charge in [-0.25, -0.2) is 0 Å². The highest BCUT2D eigenvalue weighted by Gasteiger charge is 2.27. The lowest BCUT2D eigenvalue weighted by Gasteiger charge is -2.20. The third-order valence-electron chi connectivity index (χ3n) is 4.59. The molecule has 0 aliphatic rings. The van der Waals surface area contributed by atoms with Crippen LogP contribution in [0.3, 0.4) is 0 Å². The number of carboxylic acids is 1. The fraction of sp³-hybridized carbons (Fsp3) is 0.400. The van der Waals surface area contributed by atoms with Crippen molar-refractivity contribution in [3.8, 4) is 5.75 Å². The van der Waals surface area contributed by atoms with Gasteiger partial charge >= 0.3 is 5.97 Å². The lowest BCUT2D eigenvalue weighted by Crippen LogP contribution is -2.33. The maximum atomic E-state index is 12.4. The number of amides is 1. The summed E-state index contributed by atoms with van der Waals surface area (Å²) in [6.45, 7) is 5.50. The molecule has 2 rings (SSSR count). The molecule has 0 bridgehead atoms. The van der Waals surface area contributed by atoms with E-state index >= 15 is 0 Å². The molecule has 0 aliphatic carbocycles. The summed E-state index contributed by atoms with van der Waals surface area (Å²) in [4.78, 5) is 23.5. The molecule has 0 spiro atoms. The van der Waals surface area contributed by atoms with Crippen molar-refractivity contribution in [2.75, 3.05) is 13.7 Å². The minimum Gasteiger partial charge on any atom is -0.497 e. The maximum Gasteiger partial charge on any atom is 0.309 e. The van der Waals surface area contributed by atoms with Crippen LogP contribution in [-0.2, 0) is 9.59 Å². The molecule has 5 heteroatoms. The average molecular weight is 343 g/mol. The Morgan fingerprint density at radius 2 is 1.80 bits per heavy atom. The summed E-state index contributed by atoms with van der Waals surface area (Å²) in [7, 11) is 1.63. The van der Waals surface area contributed by atoms with Crippen molar-refractivity contribution in [3.05, 3.63) is 42.0 Å². The van der Waals surface area contributed by atoms with Crippen LogP contribution < -0.4 is 10.1 Å². The molecule has 2 N–H and O–H groups in total. The van der Waals surface area contributed by atoms with Crippen LogP contribution in [0.1, 0.15) is 38.7 Å². The molecular formula is C20H25NO4. The molecular weight excluding hydrogens is 318 g/mol. The van der Waals surface area contributed by atoms with Crippen molar-refractivity contribution in [1.82, 2.24) is 5.32 Å². The molecule has 2 aromatic rings. The zero-order chi connectivity index (χ0) is 18.6. The molecule has 0 fully saturated rings. The summed E-state index contributed by atoms with van der Waals surface area (Å²) in [6, 6.07) is 11.7. The van der Waals surface area contributed by atoms with Gasteiger partial charge in [0.1, 0.15) is 5.75 Å². The summed E-state index contributed by atoms with van der Waals surface area (Å²) >= 11 is 0.